The number of hydrogen-bond donors (Lipinski definition) is 1. The van der Waals surface area contributed by atoms with Crippen LogP contribution < -0.4 is 5.32 Å². The zero-order chi connectivity index (χ0) is 13.5. The Balaban J connectivity index is 2.11. The van der Waals surface area contributed by atoms with E-state index < -0.39 is 0 Å². The number of hydrogen-bond acceptors (Lipinski definition) is 1. The first-order chi connectivity index (χ1) is 9.08. The largest absolute Gasteiger partial charge is 0.305 e. The molecule has 1 N–H and O–H groups in total. The van der Waals surface area contributed by atoms with Gasteiger partial charge in [-0.05, 0) is 28.8 Å². The molecule has 1 aliphatic heterocycles. The minimum absolute atomic E-state index is 0.0833. The van der Waals surface area contributed by atoms with Crippen LogP contribution in [0.3, 0.4) is 0 Å². The van der Waals surface area contributed by atoms with E-state index in [1.165, 1.54) is 17.2 Å². The monoisotopic (exact) mass is 255 g/mol. The predicted octanol–water partition coefficient (Wildman–Crippen LogP) is 3.80. The molecule has 2 heteroatoms. The number of fused-ring (bicyclic) bond motifs is 1. The van der Waals surface area contributed by atoms with Crippen LogP contribution in [0.4, 0.5) is 4.39 Å². The van der Waals surface area contributed by atoms with Crippen molar-refractivity contribution >= 4 is 0 Å². The number of benzene rings is 2. The first-order valence-electron chi connectivity index (χ1n) is 6.66. The van der Waals surface area contributed by atoms with Gasteiger partial charge in [-0.3, -0.25) is 0 Å². The summed E-state index contributed by atoms with van der Waals surface area (Å²) in [6, 6.07) is 15.4. The van der Waals surface area contributed by atoms with E-state index in [-0.39, 0.29) is 17.3 Å². The van der Waals surface area contributed by atoms with Gasteiger partial charge in [0.05, 0.1) is 6.04 Å². The average molecular weight is 255 g/mol. The molecule has 1 nitrogen and oxygen atoms in total. The molecule has 1 unspecified atom stereocenters. The van der Waals surface area contributed by atoms with Gasteiger partial charge in [-0.1, -0.05) is 50.2 Å². The minimum atomic E-state index is -0.179. The summed E-state index contributed by atoms with van der Waals surface area (Å²) < 4.78 is 13.4. The highest BCUT2D eigenvalue weighted by Gasteiger charge is 2.32. The molecule has 0 bridgehead atoms. The highest BCUT2D eigenvalue weighted by molar-refractivity contribution is 5.43. The molecular weight excluding hydrogens is 237 g/mol. The van der Waals surface area contributed by atoms with E-state index in [9.17, 15) is 4.39 Å². The molecule has 1 heterocycles. The van der Waals surface area contributed by atoms with Gasteiger partial charge in [-0.15, -0.1) is 0 Å². The summed E-state index contributed by atoms with van der Waals surface area (Å²) in [6.45, 7) is 5.37. The molecule has 0 saturated carbocycles. The molecule has 0 amide bonds. The van der Waals surface area contributed by atoms with Gasteiger partial charge in [0.25, 0.3) is 0 Å². The van der Waals surface area contributed by atoms with Gasteiger partial charge in [0.2, 0.25) is 0 Å². The Morgan fingerprint density at radius 2 is 1.89 bits per heavy atom. The van der Waals surface area contributed by atoms with Crippen LogP contribution in [0.5, 0.6) is 0 Å². The molecule has 0 fully saturated rings. The molecule has 19 heavy (non-hydrogen) atoms. The molecule has 0 spiro atoms. The summed E-state index contributed by atoms with van der Waals surface area (Å²) in [7, 11) is 0. The lowest BCUT2D eigenvalue weighted by atomic mass is 9.75. The third kappa shape index (κ3) is 2.17. The molecule has 0 radical (unpaired) electrons. The van der Waals surface area contributed by atoms with Crippen LogP contribution in [0.25, 0.3) is 0 Å². The Labute approximate surface area is 113 Å². The third-order valence-electron chi connectivity index (χ3n) is 3.93. The van der Waals surface area contributed by atoms with Crippen molar-refractivity contribution in [1.29, 1.82) is 0 Å². The van der Waals surface area contributed by atoms with E-state index in [0.29, 0.717) is 0 Å². The Kier molecular flexibility index (Phi) is 2.90. The fourth-order valence-corrected chi connectivity index (χ4v) is 2.91. The Bertz CT molecular complexity index is 604. The second-order valence-corrected chi connectivity index (χ2v) is 5.84. The fourth-order valence-electron chi connectivity index (χ4n) is 2.91. The SMILES string of the molecule is CC1(C)CNC(c2cccc(F)c2)c2ccccc21. The molecule has 1 aliphatic rings. The van der Waals surface area contributed by atoms with Gasteiger partial charge in [-0.2, -0.15) is 0 Å². The summed E-state index contributed by atoms with van der Waals surface area (Å²) in [5, 5.41) is 3.54. The van der Waals surface area contributed by atoms with Crippen LogP contribution in [-0.4, -0.2) is 6.54 Å². The van der Waals surface area contributed by atoms with Crippen molar-refractivity contribution in [2.45, 2.75) is 25.3 Å². The summed E-state index contributed by atoms with van der Waals surface area (Å²) in [5.74, 6) is -0.179. The van der Waals surface area contributed by atoms with Crippen LogP contribution in [0.2, 0.25) is 0 Å². The molecule has 0 saturated heterocycles. The summed E-state index contributed by atoms with van der Waals surface area (Å²) in [5.41, 5.74) is 3.70. The lowest BCUT2D eigenvalue weighted by Crippen LogP contribution is -2.42. The second-order valence-electron chi connectivity index (χ2n) is 5.84. The number of halogens is 1. The highest BCUT2D eigenvalue weighted by Crippen LogP contribution is 2.37. The van der Waals surface area contributed by atoms with Crippen molar-refractivity contribution in [2.75, 3.05) is 6.54 Å². The Hall–Kier alpha value is -1.67. The van der Waals surface area contributed by atoms with Crippen molar-refractivity contribution in [1.82, 2.24) is 5.32 Å². The standard InChI is InChI=1S/C17H18FN/c1-17(2)11-19-16(12-6-5-7-13(18)10-12)14-8-3-4-9-15(14)17/h3-10,16,19H,11H2,1-2H3. The molecule has 98 valence electrons. The average Bonchev–Trinajstić information content (AvgIpc) is 2.39. The van der Waals surface area contributed by atoms with Crippen molar-refractivity contribution in [3.63, 3.8) is 0 Å². The van der Waals surface area contributed by atoms with Gasteiger partial charge in [-0.25, -0.2) is 4.39 Å². The van der Waals surface area contributed by atoms with Crippen LogP contribution in [0.15, 0.2) is 48.5 Å². The van der Waals surface area contributed by atoms with Crippen molar-refractivity contribution < 1.29 is 4.39 Å². The molecule has 2 aromatic rings. The van der Waals surface area contributed by atoms with Crippen LogP contribution in [0, 0.1) is 5.82 Å². The van der Waals surface area contributed by atoms with Gasteiger partial charge in [0.15, 0.2) is 0 Å². The van der Waals surface area contributed by atoms with Crippen LogP contribution in [-0.2, 0) is 5.41 Å². The molecule has 2 aromatic carbocycles. The fraction of sp³-hybridized carbons (Fsp3) is 0.294. The molecule has 0 aromatic heterocycles. The summed E-state index contributed by atoms with van der Waals surface area (Å²) in [4.78, 5) is 0. The van der Waals surface area contributed by atoms with Crippen molar-refractivity contribution in [3.05, 3.63) is 71.0 Å². The van der Waals surface area contributed by atoms with Gasteiger partial charge in [0, 0.05) is 12.0 Å². The van der Waals surface area contributed by atoms with Crippen LogP contribution in [0.1, 0.15) is 36.6 Å². The first kappa shape index (κ1) is 12.4. The maximum atomic E-state index is 13.4. The minimum Gasteiger partial charge on any atom is -0.305 e. The predicted molar refractivity (Wildman–Crippen MR) is 75.7 cm³/mol. The maximum absolute atomic E-state index is 13.4. The summed E-state index contributed by atoms with van der Waals surface area (Å²) in [6.07, 6.45) is 0. The Morgan fingerprint density at radius 1 is 1.11 bits per heavy atom. The lowest BCUT2D eigenvalue weighted by molar-refractivity contribution is 0.406. The topological polar surface area (TPSA) is 12.0 Å². The zero-order valence-corrected chi connectivity index (χ0v) is 11.3. The smallest absolute Gasteiger partial charge is 0.123 e. The van der Waals surface area contributed by atoms with Gasteiger partial charge in [0.1, 0.15) is 5.82 Å². The molecule has 1 atom stereocenters. The third-order valence-corrected chi connectivity index (χ3v) is 3.93. The van der Waals surface area contributed by atoms with Gasteiger partial charge >= 0.3 is 0 Å². The molecule has 3 rings (SSSR count). The zero-order valence-electron chi connectivity index (χ0n) is 11.3. The van der Waals surface area contributed by atoms with E-state index in [1.807, 2.05) is 12.1 Å². The number of nitrogens with one attached hydrogen (secondary N) is 1. The Morgan fingerprint density at radius 3 is 2.68 bits per heavy atom. The van der Waals surface area contributed by atoms with Crippen LogP contribution >= 0.6 is 0 Å². The van der Waals surface area contributed by atoms with E-state index in [4.69, 9.17) is 0 Å². The van der Waals surface area contributed by atoms with E-state index >= 15 is 0 Å². The lowest BCUT2D eigenvalue weighted by Gasteiger charge is -2.38. The van der Waals surface area contributed by atoms with Crippen molar-refractivity contribution in [3.8, 4) is 0 Å². The summed E-state index contributed by atoms with van der Waals surface area (Å²) >= 11 is 0. The van der Waals surface area contributed by atoms with Crippen molar-refractivity contribution in [2.24, 2.45) is 0 Å². The quantitative estimate of drug-likeness (QED) is 0.817. The first-order valence-corrected chi connectivity index (χ1v) is 6.66. The number of rotatable bonds is 1. The van der Waals surface area contributed by atoms with Gasteiger partial charge < -0.3 is 5.32 Å². The normalized spacial score (nSPS) is 20.9. The van der Waals surface area contributed by atoms with E-state index in [1.54, 1.807) is 12.1 Å². The highest BCUT2D eigenvalue weighted by atomic mass is 19.1. The van der Waals surface area contributed by atoms with E-state index in [2.05, 4.69) is 37.4 Å². The maximum Gasteiger partial charge on any atom is 0.123 e. The molecule has 0 aliphatic carbocycles. The second kappa shape index (κ2) is 4.46. The van der Waals surface area contributed by atoms with E-state index in [0.717, 1.165) is 12.1 Å². The molecular formula is C17H18FN.